The minimum Gasteiger partial charge on any atom is -0.444 e. The smallest absolute Gasteiger partial charge is 0.410 e. The van der Waals surface area contributed by atoms with E-state index in [-0.39, 0.29) is 12.2 Å². The number of hydrogen-bond donors (Lipinski definition) is 0. The van der Waals surface area contributed by atoms with Crippen LogP contribution in [0.5, 0.6) is 0 Å². The Kier molecular flexibility index (Phi) is 4.35. The zero-order chi connectivity index (χ0) is 16.5. The number of alkyl halides is 2. The van der Waals surface area contributed by atoms with Crippen LogP contribution in [0.15, 0.2) is 18.3 Å². The molecule has 7 heteroatoms. The van der Waals surface area contributed by atoms with Crippen LogP contribution in [0, 0.1) is 5.82 Å². The molecule has 1 fully saturated rings. The maximum absolute atomic E-state index is 13.7. The van der Waals surface area contributed by atoms with Gasteiger partial charge in [0, 0.05) is 19.4 Å². The summed E-state index contributed by atoms with van der Waals surface area (Å²) < 4.78 is 45.7. The summed E-state index contributed by atoms with van der Waals surface area (Å²) in [6.45, 7) is 4.98. The topological polar surface area (TPSA) is 42.4 Å². The van der Waals surface area contributed by atoms with Gasteiger partial charge in [0.15, 0.2) is 0 Å². The molecule has 1 saturated heterocycles. The third-order valence-corrected chi connectivity index (χ3v) is 3.31. The van der Waals surface area contributed by atoms with E-state index in [1.165, 1.54) is 11.0 Å². The fourth-order valence-corrected chi connectivity index (χ4v) is 2.32. The molecule has 2 heterocycles. The van der Waals surface area contributed by atoms with Gasteiger partial charge in [-0.3, -0.25) is 9.88 Å². The van der Waals surface area contributed by atoms with Gasteiger partial charge in [0.1, 0.15) is 11.4 Å². The van der Waals surface area contributed by atoms with E-state index in [0.29, 0.717) is 0 Å². The Morgan fingerprint density at radius 2 is 2.09 bits per heavy atom. The summed E-state index contributed by atoms with van der Waals surface area (Å²) in [5, 5.41) is 0. The molecule has 0 N–H and O–H groups in total. The molecule has 1 aliphatic heterocycles. The van der Waals surface area contributed by atoms with Crippen molar-refractivity contribution in [1.82, 2.24) is 9.88 Å². The average molecular weight is 316 g/mol. The molecule has 2 rings (SSSR count). The molecule has 22 heavy (non-hydrogen) atoms. The summed E-state index contributed by atoms with van der Waals surface area (Å²) in [5.74, 6) is -3.45. The molecule has 1 atom stereocenters. The third kappa shape index (κ3) is 4.11. The first-order valence-electron chi connectivity index (χ1n) is 7.06. The van der Waals surface area contributed by atoms with Crippen LogP contribution in [0.1, 0.15) is 45.3 Å². The number of hydrogen-bond acceptors (Lipinski definition) is 3. The van der Waals surface area contributed by atoms with Gasteiger partial charge in [-0.1, -0.05) is 0 Å². The van der Waals surface area contributed by atoms with Gasteiger partial charge in [-0.05, 0) is 32.9 Å². The number of piperidine rings is 1. The van der Waals surface area contributed by atoms with E-state index in [4.69, 9.17) is 4.74 Å². The molecular weight excluding hydrogens is 297 g/mol. The first kappa shape index (κ1) is 16.6. The number of amides is 1. The van der Waals surface area contributed by atoms with Gasteiger partial charge in [-0.15, -0.1) is 0 Å². The Hall–Kier alpha value is -1.79. The second-order valence-electron chi connectivity index (χ2n) is 6.40. The maximum atomic E-state index is 13.7. The maximum Gasteiger partial charge on any atom is 0.410 e. The third-order valence-electron chi connectivity index (χ3n) is 3.31. The minimum atomic E-state index is -2.89. The molecule has 4 nitrogen and oxygen atoms in total. The summed E-state index contributed by atoms with van der Waals surface area (Å²) >= 11 is 0. The second kappa shape index (κ2) is 5.78. The molecule has 0 aliphatic carbocycles. The average Bonchev–Trinajstić information content (AvgIpc) is 2.36. The van der Waals surface area contributed by atoms with Crippen LogP contribution in [0.4, 0.5) is 18.0 Å². The van der Waals surface area contributed by atoms with Gasteiger partial charge in [-0.2, -0.15) is 0 Å². The fraction of sp³-hybridized carbons (Fsp3) is 0.600. The largest absolute Gasteiger partial charge is 0.444 e. The van der Waals surface area contributed by atoms with Gasteiger partial charge in [-0.25, -0.2) is 18.0 Å². The van der Waals surface area contributed by atoms with E-state index < -0.39 is 42.3 Å². The lowest BCUT2D eigenvalue weighted by molar-refractivity contribution is -0.0816. The van der Waals surface area contributed by atoms with E-state index in [9.17, 15) is 18.0 Å². The SMILES string of the molecule is CC(C)(C)OC(=O)N1CCC(F)(F)CC1c1ccc(F)cn1. The van der Waals surface area contributed by atoms with E-state index >= 15 is 0 Å². The van der Waals surface area contributed by atoms with Crippen LogP contribution in [0.3, 0.4) is 0 Å². The molecule has 122 valence electrons. The van der Waals surface area contributed by atoms with Crippen molar-refractivity contribution in [3.8, 4) is 0 Å². The first-order chi connectivity index (χ1) is 10.1. The summed E-state index contributed by atoms with van der Waals surface area (Å²) in [5.41, 5.74) is -0.496. The van der Waals surface area contributed by atoms with E-state index in [1.807, 2.05) is 0 Å². The zero-order valence-electron chi connectivity index (χ0n) is 12.8. The molecule has 0 saturated carbocycles. The molecule has 0 bridgehead atoms. The molecule has 1 unspecified atom stereocenters. The number of likely N-dealkylation sites (tertiary alicyclic amines) is 1. The Bertz CT molecular complexity index is 541. The van der Waals surface area contributed by atoms with Crippen molar-refractivity contribution in [3.05, 3.63) is 29.8 Å². The van der Waals surface area contributed by atoms with Crippen molar-refractivity contribution in [1.29, 1.82) is 0 Å². The predicted molar refractivity (Wildman–Crippen MR) is 74.1 cm³/mol. The standard InChI is InChI=1S/C15H19F3N2O2/c1-14(2,3)22-13(21)20-7-6-15(17,18)8-12(20)11-5-4-10(16)9-19-11/h4-5,9,12H,6-8H2,1-3H3. The lowest BCUT2D eigenvalue weighted by Gasteiger charge is -2.39. The predicted octanol–water partition coefficient (Wildman–Crippen LogP) is 3.93. The molecular formula is C15H19F3N2O2. The van der Waals surface area contributed by atoms with Crippen molar-refractivity contribution in [3.63, 3.8) is 0 Å². The Balaban J connectivity index is 2.26. The lowest BCUT2D eigenvalue weighted by Crippen LogP contribution is -2.47. The van der Waals surface area contributed by atoms with Gasteiger partial charge in [0.05, 0.1) is 17.9 Å². The number of nitrogens with zero attached hydrogens (tertiary/aromatic N) is 2. The van der Waals surface area contributed by atoms with Gasteiger partial charge in [0.2, 0.25) is 0 Å². The van der Waals surface area contributed by atoms with Crippen LogP contribution >= 0.6 is 0 Å². The number of carbonyl (C=O) groups is 1. The highest BCUT2D eigenvalue weighted by Gasteiger charge is 2.44. The Morgan fingerprint density at radius 1 is 1.41 bits per heavy atom. The number of ether oxygens (including phenoxy) is 1. The summed E-state index contributed by atoms with van der Waals surface area (Å²) in [6, 6.07) is 1.53. The zero-order valence-corrected chi connectivity index (χ0v) is 12.8. The minimum absolute atomic E-state index is 0.133. The highest BCUT2D eigenvalue weighted by molar-refractivity contribution is 5.69. The molecule has 0 radical (unpaired) electrons. The van der Waals surface area contributed by atoms with Crippen LogP contribution in [-0.2, 0) is 4.74 Å². The summed E-state index contributed by atoms with van der Waals surface area (Å²) in [4.78, 5) is 17.3. The van der Waals surface area contributed by atoms with Crippen LogP contribution in [0.25, 0.3) is 0 Å². The van der Waals surface area contributed by atoms with E-state index in [0.717, 1.165) is 12.3 Å². The number of halogens is 3. The summed E-state index contributed by atoms with van der Waals surface area (Å²) in [7, 11) is 0. The van der Waals surface area contributed by atoms with Crippen molar-refractivity contribution in [2.24, 2.45) is 0 Å². The van der Waals surface area contributed by atoms with E-state index in [2.05, 4.69) is 4.98 Å². The van der Waals surface area contributed by atoms with Crippen molar-refractivity contribution >= 4 is 6.09 Å². The normalized spacial score (nSPS) is 21.5. The van der Waals surface area contributed by atoms with Gasteiger partial charge in [0.25, 0.3) is 5.92 Å². The van der Waals surface area contributed by atoms with Crippen LogP contribution < -0.4 is 0 Å². The molecule has 1 aliphatic rings. The number of rotatable bonds is 1. The molecule has 1 amide bonds. The Labute approximate surface area is 127 Å². The summed E-state index contributed by atoms with van der Waals surface area (Å²) in [6.07, 6.45) is -0.691. The van der Waals surface area contributed by atoms with Crippen LogP contribution in [-0.4, -0.2) is 34.0 Å². The van der Waals surface area contributed by atoms with Crippen molar-refractivity contribution < 1.29 is 22.7 Å². The monoisotopic (exact) mass is 316 g/mol. The molecule has 1 aromatic heterocycles. The molecule has 0 aromatic carbocycles. The number of carbonyl (C=O) groups excluding carboxylic acids is 1. The highest BCUT2D eigenvalue weighted by atomic mass is 19.3. The second-order valence-corrected chi connectivity index (χ2v) is 6.40. The molecule has 1 aromatic rings. The fourth-order valence-electron chi connectivity index (χ4n) is 2.32. The highest BCUT2D eigenvalue weighted by Crippen LogP contribution is 2.39. The van der Waals surface area contributed by atoms with Crippen molar-refractivity contribution in [2.75, 3.05) is 6.54 Å². The van der Waals surface area contributed by atoms with Gasteiger partial charge >= 0.3 is 6.09 Å². The number of pyridine rings is 1. The lowest BCUT2D eigenvalue weighted by atomic mass is 9.96. The number of aromatic nitrogens is 1. The quantitative estimate of drug-likeness (QED) is 0.788. The first-order valence-corrected chi connectivity index (χ1v) is 7.06. The van der Waals surface area contributed by atoms with E-state index in [1.54, 1.807) is 20.8 Å². The van der Waals surface area contributed by atoms with Crippen molar-refractivity contribution in [2.45, 2.75) is 51.2 Å². The molecule has 0 spiro atoms. The van der Waals surface area contributed by atoms with Crippen LogP contribution in [0.2, 0.25) is 0 Å². The van der Waals surface area contributed by atoms with Gasteiger partial charge < -0.3 is 4.74 Å². The Morgan fingerprint density at radius 3 is 2.64 bits per heavy atom.